The minimum Gasteiger partial charge on any atom is -0.463 e. The summed E-state index contributed by atoms with van der Waals surface area (Å²) in [5.74, 6) is -0.855. The Morgan fingerprint density at radius 1 is 1.16 bits per heavy atom. The van der Waals surface area contributed by atoms with Gasteiger partial charge in [-0.05, 0) is 83.1 Å². The maximum Gasteiger partial charge on any atom is 0.337 e. The van der Waals surface area contributed by atoms with Gasteiger partial charge in [0.15, 0.2) is 0 Å². The first-order chi connectivity index (χ1) is 18.1. The van der Waals surface area contributed by atoms with Gasteiger partial charge in [-0.25, -0.2) is 14.9 Å². The van der Waals surface area contributed by atoms with Gasteiger partial charge in [-0.15, -0.1) is 0 Å². The van der Waals surface area contributed by atoms with Crippen LogP contribution in [0.5, 0.6) is 0 Å². The van der Waals surface area contributed by atoms with Crippen LogP contribution in [0.15, 0.2) is 54.2 Å². The van der Waals surface area contributed by atoms with Crippen LogP contribution in [0.2, 0.25) is 10.0 Å². The first-order valence-corrected chi connectivity index (χ1v) is 17.9. The molecule has 2 aromatic carbocycles. The molecule has 1 heterocycles. The molecule has 2 unspecified atom stereocenters. The van der Waals surface area contributed by atoms with Crippen molar-refractivity contribution in [1.29, 1.82) is 0 Å². The molecule has 0 radical (unpaired) electrons. The van der Waals surface area contributed by atoms with E-state index in [4.69, 9.17) is 32.6 Å². The van der Waals surface area contributed by atoms with Crippen LogP contribution in [-0.4, -0.2) is 42.1 Å². The van der Waals surface area contributed by atoms with Gasteiger partial charge in [0.25, 0.3) is 5.91 Å². The number of esters is 1. The molecule has 0 spiro atoms. The fourth-order valence-corrected chi connectivity index (χ4v) is 6.78. The Hall–Kier alpha value is -1.47. The van der Waals surface area contributed by atoms with E-state index in [0.29, 0.717) is 21.7 Å². The lowest BCUT2D eigenvalue weighted by Crippen LogP contribution is -2.49. The maximum absolute atomic E-state index is 14.0. The Kier molecular flexibility index (Phi) is 9.94. The van der Waals surface area contributed by atoms with Crippen LogP contribution in [0.4, 0.5) is 0 Å². The SMILES string of the molecule is CCOC(=O)C1=CN(Cc2ccc(C(=O)NOPI)cc2)S(=O)(=O)N(CC2CC2)C1c1ccc(Cl)cc1Cl. The number of carbonyl (C=O) groups excluding carboxylic acids is 2. The average Bonchev–Trinajstić information content (AvgIpc) is 3.70. The van der Waals surface area contributed by atoms with Gasteiger partial charge in [-0.2, -0.15) is 12.7 Å². The Labute approximate surface area is 246 Å². The van der Waals surface area contributed by atoms with Gasteiger partial charge in [-0.3, -0.25) is 9.10 Å². The van der Waals surface area contributed by atoms with Crippen LogP contribution in [0, 0.1) is 5.92 Å². The molecule has 1 fully saturated rings. The molecule has 1 aliphatic carbocycles. The number of rotatable bonds is 10. The summed E-state index contributed by atoms with van der Waals surface area (Å²) in [5, 5.41) is 0.649. The van der Waals surface area contributed by atoms with Gasteiger partial charge in [0, 0.05) is 28.4 Å². The van der Waals surface area contributed by atoms with E-state index in [1.807, 2.05) is 22.0 Å². The molecule has 2 aliphatic rings. The number of hydrogen-bond donors (Lipinski definition) is 1. The van der Waals surface area contributed by atoms with Crippen molar-refractivity contribution in [2.24, 2.45) is 5.92 Å². The second-order valence-electron chi connectivity index (χ2n) is 8.75. The number of hydroxylamine groups is 1. The topological polar surface area (TPSA) is 105 Å². The number of benzene rings is 2. The molecule has 0 saturated heterocycles. The van der Waals surface area contributed by atoms with Crippen molar-refractivity contribution in [2.45, 2.75) is 32.4 Å². The molecule has 1 N–H and O–H groups in total. The smallest absolute Gasteiger partial charge is 0.337 e. The van der Waals surface area contributed by atoms with Gasteiger partial charge in [0.1, 0.15) is 6.45 Å². The van der Waals surface area contributed by atoms with Crippen molar-refractivity contribution in [3.05, 3.63) is 81.0 Å². The molecule has 0 aromatic heterocycles. The molecule has 1 amide bonds. The van der Waals surface area contributed by atoms with Crippen LogP contribution in [0.3, 0.4) is 0 Å². The average molecular weight is 712 g/mol. The van der Waals surface area contributed by atoms with Crippen LogP contribution in [0.1, 0.15) is 47.3 Å². The number of nitrogens with zero attached hydrogens (tertiary/aromatic N) is 2. The standard InChI is InChI=1S/C24H25Cl2IN3O6PS/c1-2-35-24(32)20-14-29(12-15-5-7-17(8-6-15)23(31)28-36-37-27)38(33,34)30(13-16-3-4-16)22(20)19-10-9-18(25)11-21(19)26/h5-11,14,16,22,37H,2-4,12-13H2,1H3,(H,28,31). The van der Waals surface area contributed by atoms with Gasteiger partial charge in [-0.1, -0.05) is 41.4 Å². The summed E-state index contributed by atoms with van der Waals surface area (Å²) < 4.78 is 40.7. The molecule has 14 heteroatoms. The summed E-state index contributed by atoms with van der Waals surface area (Å²) in [6, 6.07) is 10.3. The van der Waals surface area contributed by atoms with Crippen LogP contribution in [-0.2, 0) is 30.9 Å². The molecule has 2 aromatic rings. The molecule has 0 bridgehead atoms. The lowest BCUT2D eigenvalue weighted by molar-refractivity contribution is -0.139. The number of hydrogen-bond acceptors (Lipinski definition) is 6. The minimum absolute atomic E-state index is 0.0546. The van der Waals surface area contributed by atoms with E-state index in [-0.39, 0.29) is 42.7 Å². The molecular formula is C24H25Cl2IN3O6PS. The Morgan fingerprint density at radius 2 is 1.87 bits per heavy atom. The number of nitrogens with one attached hydrogen (secondary N) is 1. The Balaban J connectivity index is 1.74. The van der Waals surface area contributed by atoms with Crippen LogP contribution >= 0.6 is 51.7 Å². The zero-order chi connectivity index (χ0) is 27.4. The third kappa shape index (κ3) is 6.80. The highest BCUT2D eigenvalue weighted by Crippen LogP contribution is 2.44. The predicted molar refractivity (Wildman–Crippen MR) is 155 cm³/mol. The molecule has 38 heavy (non-hydrogen) atoms. The van der Waals surface area contributed by atoms with Crippen molar-refractivity contribution in [3.8, 4) is 0 Å². The molecule has 9 nitrogen and oxygen atoms in total. The Bertz CT molecular complexity index is 1340. The highest BCUT2D eigenvalue weighted by molar-refractivity contribution is 14.2. The number of carbonyl (C=O) groups is 2. The largest absolute Gasteiger partial charge is 0.463 e. The van der Waals surface area contributed by atoms with Gasteiger partial charge in [0.2, 0.25) is 0 Å². The van der Waals surface area contributed by atoms with E-state index >= 15 is 0 Å². The number of ether oxygens (including phenoxy) is 1. The minimum atomic E-state index is -4.07. The summed E-state index contributed by atoms with van der Waals surface area (Å²) in [6.45, 7) is 2.06. The highest BCUT2D eigenvalue weighted by atomic mass is 127. The lowest BCUT2D eigenvalue weighted by Gasteiger charge is -2.40. The fraction of sp³-hybridized carbons (Fsp3) is 0.333. The summed E-state index contributed by atoms with van der Waals surface area (Å²) in [4.78, 5) is 25.3. The van der Waals surface area contributed by atoms with E-state index in [1.54, 1.807) is 43.3 Å². The van der Waals surface area contributed by atoms with E-state index < -0.39 is 28.1 Å². The third-order valence-electron chi connectivity index (χ3n) is 6.10. The normalized spacial score (nSPS) is 19.4. The zero-order valence-electron chi connectivity index (χ0n) is 20.2. The van der Waals surface area contributed by atoms with E-state index in [9.17, 15) is 18.0 Å². The molecule has 2 atom stereocenters. The van der Waals surface area contributed by atoms with E-state index in [0.717, 1.165) is 17.1 Å². The van der Waals surface area contributed by atoms with Crippen LogP contribution in [0.25, 0.3) is 0 Å². The second kappa shape index (κ2) is 12.8. The summed E-state index contributed by atoms with van der Waals surface area (Å²) in [7, 11) is -4.07. The number of halogens is 3. The fourth-order valence-electron chi connectivity index (χ4n) is 4.09. The predicted octanol–water partition coefficient (Wildman–Crippen LogP) is 5.56. The molecule has 204 valence electrons. The molecule has 1 saturated carbocycles. The van der Waals surface area contributed by atoms with Crippen LogP contribution < -0.4 is 5.48 Å². The monoisotopic (exact) mass is 711 g/mol. The second-order valence-corrected chi connectivity index (χ2v) is 13.1. The van der Waals surface area contributed by atoms with E-state index in [2.05, 4.69) is 5.48 Å². The zero-order valence-corrected chi connectivity index (χ0v) is 25.7. The van der Waals surface area contributed by atoms with Crippen molar-refractivity contribution in [1.82, 2.24) is 14.1 Å². The quantitative estimate of drug-likeness (QED) is 0.150. The van der Waals surface area contributed by atoms with Crippen molar-refractivity contribution < 1.29 is 27.4 Å². The van der Waals surface area contributed by atoms with E-state index in [1.165, 1.54) is 16.6 Å². The van der Waals surface area contributed by atoms with Crippen molar-refractivity contribution in [2.75, 3.05) is 13.2 Å². The highest BCUT2D eigenvalue weighted by Gasteiger charge is 2.46. The van der Waals surface area contributed by atoms with Gasteiger partial charge >= 0.3 is 16.2 Å². The lowest BCUT2D eigenvalue weighted by atomic mass is 9.98. The van der Waals surface area contributed by atoms with Gasteiger partial charge in [0.05, 0.1) is 24.8 Å². The molecule has 4 rings (SSSR count). The molecular weight excluding hydrogens is 687 g/mol. The summed E-state index contributed by atoms with van der Waals surface area (Å²) in [6.07, 6.45) is 3.12. The molecule has 1 aliphatic heterocycles. The first-order valence-electron chi connectivity index (χ1n) is 11.7. The van der Waals surface area contributed by atoms with Crippen molar-refractivity contribution in [3.63, 3.8) is 0 Å². The Morgan fingerprint density at radius 3 is 2.47 bits per heavy atom. The first kappa shape index (κ1) is 29.5. The summed E-state index contributed by atoms with van der Waals surface area (Å²) in [5.41, 5.74) is 3.91. The number of amides is 1. The maximum atomic E-state index is 14.0. The summed E-state index contributed by atoms with van der Waals surface area (Å²) >= 11 is 14.6. The van der Waals surface area contributed by atoms with Gasteiger partial charge < -0.3 is 4.74 Å². The van der Waals surface area contributed by atoms with Crippen molar-refractivity contribution >= 4 is 73.8 Å². The third-order valence-corrected chi connectivity index (χ3v) is 9.28.